The maximum Gasteiger partial charge on any atom is 0.300 e. The first kappa shape index (κ1) is 19.2. The van der Waals surface area contributed by atoms with Crippen molar-refractivity contribution in [2.45, 2.75) is 19.9 Å². The fourth-order valence-corrected chi connectivity index (χ4v) is 3.82. The molecular weight excluding hydrogens is 434 g/mol. The molecule has 0 spiro atoms. The van der Waals surface area contributed by atoms with Gasteiger partial charge in [-0.3, -0.25) is 14.5 Å². The number of anilines is 1. The topological polar surface area (TPSA) is 70.8 Å². The molecule has 5 nitrogen and oxygen atoms in total. The summed E-state index contributed by atoms with van der Waals surface area (Å²) in [4.78, 5) is 27.4. The molecule has 0 bridgehead atoms. The minimum atomic E-state index is -0.852. The molecule has 1 saturated heterocycles. The van der Waals surface area contributed by atoms with E-state index in [-0.39, 0.29) is 11.3 Å². The van der Waals surface area contributed by atoms with Gasteiger partial charge in [0.2, 0.25) is 0 Å². The zero-order chi connectivity index (χ0) is 20.7. The fraction of sp³-hybridized carbons (Fsp3) is 0.130. The average molecular weight is 452 g/mol. The fourth-order valence-electron chi connectivity index (χ4n) is 3.58. The van der Waals surface area contributed by atoms with Gasteiger partial charge in [0, 0.05) is 15.7 Å². The van der Waals surface area contributed by atoms with Crippen molar-refractivity contribution in [1.29, 1.82) is 0 Å². The van der Waals surface area contributed by atoms with Crippen molar-refractivity contribution in [1.82, 2.24) is 0 Å². The van der Waals surface area contributed by atoms with E-state index in [1.54, 1.807) is 42.5 Å². The Morgan fingerprint density at radius 2 is 1.79 bits per heavy atom. The summed E-state index contributed by atoms with van der Waals surface area (Å²) >= 11 is 3.43. The smallest absolute Gasteiger partial charge is 0.300 e. The number of halogens is 1. The van der Waals surface area contributed by atoms with E-state index in [1.165, 1.54) is 11.2 Å². The van der Waals surface area contributed by atoms with Gasteiger partial charge in [0.1, 0.15) is 17.6 Å². The first-order valence-corrected chi connectivity index (χ1v) is 9.86. The van der Waals surface area contributed by atoms with Gasteiger partial charge in [-0.25, -0.2) is 0 Å². The molecule has 0 aliphatic carbocycles. The Kier molecular flexibility index (Phi) is 4.88. The van der Waals surface area contributed by atoms with Gasteiger partial charge in [0.05, 0.1) is 11.8 Å². The maximum absolute atomic E-state index is 13.0. The molecule has 1 atom stereocenters. The number of aliphatic hydroxyl groups is 1. The molecule has 1 amide bonds. The Morgan fingerprint density at radius 1 is 1.03 bits per heavy atom. The molecule has 0 radical (unpaired) electrons. The number of rotatable bonds is 3. The standard InChI is InChI=1S/C23H18BrNO4/c1-13-6-3-4-7-17(13)25-20(18-8-5-11-29-18)19(22(27)23(25)28)21(26)15-9-10-16(24)14(2)12-15/h3-12,20,26H,1-2H3/b21-19-. The van der Waals surface area contributed by atoms with Crippen LogP contribution in [-0.4, -0.2) is 16.8 Å². The highest BCUT2D eigenvalue weighted by atomic mass is 79.9. The van der Waals surface area contributed by atoms with Crippen LogP contribution in [-0.2, 0) is 9.59 Å². The van der Waals surface area contributed by atoms with E-state index in [4.69, 9.17) is 4.42 Å². The third-order valence-corrected chi connectivity index (χ3v) is 5.95. The minimum Gasteiger partial charge on any atom is -0.507 e. The summed E-state index contributed by atoms with van der Waals surface area (Å²) in [5.41, 5.74) is 2.81. The average Bonchev–Trinajstić information content (AvgIpc) is 3.32. The molecule has 146 valence electrons. The van der Waals surface area contributed by atoms with Crippen LogP contribution in [0.15, 0.2) is 75.3 Å². The molecule has 2 heterocycles. The highest BCUT2D eigenvalue weighted by Crippen LogP contribution is 2.43. The number of ketones is 1. The van der Waals surface area contributed by atoms with Crippen molar-refractivity contribution in [3.05, 3.63) is 93.4 Å². The summed E-state index contributed by atoms with van der Waals surface area (Å²) in [5.74, 6) is -1.26. The molecule has 1 aromatic heterocycles. The van der Waals surface area contributed by atoms with Gasteiger partial charge in [0.25, 0.3) is 11.7 Å². The van der Waals surface area contributed by atoms with Gasteiger partial charge in [-0.2, -0.15) is 0 Å². The molecule has 1 aliphatic heterocycles. The van der Waals surface area contributed by atoms with Gasteiger partial charge in [-0.15, -0.1) is 0 Å². The van der Waals surface area contributed by atoms with E-state index in [0.717, 1.165) is 15.6 Å². The van der Waals surface area contributed by atoms with Crippen molar-refractivity contribution < 1.29 is 19.1 Å². The third-order valence-electron chi connectivity index (χ3n) is 5.06. The number of aliphatic hydroxyl groups excluding tert-OH is 1. The molecule has 1 aliphatic rings. The summed E-state index contributed by atoms with van der Waals surface area (Å²) in [6.07, 6.45) is 1.48. The quantitative estimate of drug-likeness (QED) is 0.333. The van der Waals surface area contributed by atoms with Gasteiger partial charge in [0.15, 0.2) is 0 Å². The lowest BCUT2D eigenvalue weighted by Gasteiger charge is -2.24. The number of hydrogen-bond acceptors (Lipinski definition) is 4. The Bertz CT molecular complexity index is 1150. The normalized spacial score (nSPS) is 18.4. The second kappa shape index (κ2) is 7.37. The van der Waals surface area contributed by atoms with Crippen LogP contribution < -0.4 is 4.90 Å². The lowest BCUT2D eigenvalue weighted by atomic mass is 9.98. The first-order chi connectivity index (χ1) is 13.9. The number of carbonyl (C=O) groups excluding carboxylic acids is 2. The predicted molar refractivity (Wildman–Crippen MR) is 114 cm³/mol. The lowest BCUT2D eigenvalue weighted by Crippen LogP contribution is -2.29. The number of furan rings is 1. The van der Waals surface area contributed by atoms with Gasteiger partial charge >= 0.3 is 0 Å². The molecular formula is C23H18BrNO4. The number of aryl methyl sites for hydroxylation is 2. The predicted octanol–water partition coefficient (Wildman–Crippen LogP) is 5.29. The molecule has 6 heteroatoms. The second-order valence-electron chi connectivity index (χ2n) is 6.93. The van der Waals surface area contributed by atoms with Crippen LogP contribution in [0.25, 0.3) is 5.76 Å². The van der Waals surface area contributed by atoms with Crippen LogP contribution in [0.2, 0.25) is 0 Å². The molecule has 1 unspecified atom stereocenters. The van der Waals surface area contributed by atoms with Crippen molar-refractivity contribution in [3.63, 3.8) is 0 Å². The lowest BCUT2D eigenvalue weighted by molar-refractivity contribution is -0.132. The molecule has 3 aromatic rings. The summed E-state index contributed by atoms with van der Waals surface area (Å²) < 4.78 is 6.45. The van der Waals surface area contributed by atoms with Crippen LogP contribution >= 0.6 is 15.9 Å². The number of hydrogen-bond donors (Lipinski definition) is 1. The van der Waals surface area contributed by atoms with Crippen LogP contribution in [0.5, 0.6) is 0 Å². The number of nitrogens with zero attached hydrogens (tertiary/aromatic N) is 1. The van der Waals surface area contributed by atoms with Gasteiger partial charge in [-0.1, -0.05) is 40.2 Å². The van der Waals surface area contributed by atoms with E-state index in [1.807, 2.05) is 26.0 Å². The summed E-state index contributed by atoms with van der Waals surface area (Å²) in [6.45, 7) is 3.75. The first-order valence-electron chi connectivity index (χ1n) is 9.06. The van der Waals surface area contributed by atoms with Gasteiger partial charge in [-0.05, 0) is 55.3 Å². The third kappa shape index (κ3) is 3.19. The van der Waals surface area contributed by atoms with E-state index in [9.17, 15) is 14.7 Å². The number of Topliss-reactive ketones (excluding diaryl/α,β-unsaturated/α-hetero) is 1. The van der Waals surface area contributed by atoms with Crippen molar-refractivity contribution >= 4 is 39.1 Å². The Balaban J connectivity index is 1.95. The maximum atomic E-state index is 13.0. The van der Waals surface area contributed by atoms with Crippen molar-refractivity contribution in [3.8, 4) is 0 Å². The zero-order valence-electron chi connectivity index (χ0n) is 15.8. The molecule has 0 saturated carbocycles. The largest absolute Gasteiger partial charge is 0.507 e. The monoisotopic (exact) mass is 451 g/mol. The summed E-state index contributed by atoms with van der Waals surface area (Å²) in [7, 11) is 0. The Morgan fingerprint density at radius 3 is 2.45 bits per heavy atom. The van der Waals surface area contributed by atoms with E-state index in [0.29, 0.717) is 17.0 Å². The molecule has 1 fully saturated rings. The number of para-hydroxylation sites is 1. The number of amides is 1. The number of benzene rings is 2. The van der Waals surface area contributed by atoms with E-state index >= 15 is 0 Å². The van der Waals surface area contributed by atoms with Gasteiger partial charge < -0.3 is 9.52 Å². The molecule has 29 heavy (non-hydrogen) atoms. The highest BCUT2D eigenvalue weighted by molar-refractivity contribution is 9.10. The second-order valence-corrected chi connectivity index (χ2v) is 7.79. The van der Waals surface area contributed by atoms with E-state index in [2.05, 4.69) is 15.9 Å². The minimum absolute atomic E-state index is 0.00919. The van der Waals surface area contributed by atoms with E-state index < -0.39 is 17.7 Å². The molecule has 4 rings (SSSR count). The van der Waals surface area contributed by atoms with Crippen molar-refractivity contribution in [2.24, 2.45) is 0 Å². The Labute approximate surface area is 176 Å². The molecule has 1 N–H and O–H groups in total. The number of carbonyl (C=O) groups is 2. The van der Waals surface area contributed by atoms with Crippen LogP contribution in [0, 0.1) is 13.8 Å². The summed E-state index contributed by atoms with van der Waals surface area (Å²) in [5, 5.41) is 11.0. The molecule has 2 aromatic carbocycles. The van der Waals surface area contributed by atoms with Crippen LogP contribution in [0.1, 0.15) is 28.5 Å². The van der Waals surface area contributed by atoms with Crippen LogP contribution in [0.3, 0.4) is 0 Å². The SMILES string of the molecule is Cc1cc(/C(O)=C2/C(=O)C(=O)N(c3ccccc3C)C2c2ccco2)ccc1Br. The highest BCUT2D eigenvalue weighted by Gasteiger charge is 2.48. The Hall–Kier alpha value is -3.12. The van der Waals surface area contributed by atoms with Crippen LogP contribution in [0.4, 0.5) is 5.69 Å². The summed E-state index contributed by atoms with van der Waals surface area (Å²) in [6, 6.07) is 15.1. The zero-order valence-corrected chi connectivity index (χ0v) is 17.4. The van der Waals surface area contributed by atoms with Crippen molar-refractivity contribution in [2.75, 3.05) is 4.90 Å².